The summed E-state index contributed by atoms with van der Waals surface area (Å²) in [6, 6.07) is 12.5. The van der Waals surface area contributed by atoms with Crippen molar-refractivity contribution in [2.45, 2.75) is 20.3 Å². The van der Waals surface area contributed by atoms with Crippen LogP contribution in [0.1, 0.15) is 18.1 Å². The van der Waals surface area contributed by atoms with E-state index in [9.17, 15) is 0 Å². The predicted molar refractivity (Wildman–Crippen MR) is 78.7 cm³/mol. The molecule has 0 nitrogen and oxygen atoms in total. The van der Waals surface area contributed by atoms with Gasteiger partial charge in [0.25, 0.3) is 0 Å². The van der Waals surface area contributed by atoms with Gasteiger partial charge in [-0.3, -0.25) is 0 Å². The summed E-state index contributed by atoms with van der Waals surface area (Å²) in [6.07, 6.45) is 1.01. The van der Waals surface area contributed by atoms with Gasteiger partial charge < -0.3 is 0 Å². The van der Waals surface area contributed by atoms with Crippen LogP contribution in [0.4, 0.5) is 0 Å². The topological polar surface area (TPSA) is 0 Å². The van der Waals surface area contributed by atoms with Crippen LogP contribution in [-0.2, 0) is 6.42 Å². The first-order valence-corrected chi connectivity index (χ1v) is 6.84. The summed E-state index contributed by atoms with van der Waals surface area (Å²) in [5.74, 6) is 0. The van der Waals surface area contributed by atoms with Crippen molar-refractivity contribution in [3.05, 3.63) is 57.0 Å². The maximum atomic E-state index is 6.29. The largest absolute Gasteiger partial charge is 0.0837 e. The monoisotopic (exact) mass is 308 g/mol. The van der Waals surface area contributed by atoms with Crippen molar-refractivity contribution in [3.63, 3.8) is 0 Å². The van der Waals surface area contributed by atoms with Crippen LogP contribution >= 0.6 is 27.5 Å². The van der Waals surface area contributed by atoms with Gasteiger partial charge in [0.15, 0.2) is 0 Å². The van der Waals surface area contributed by atoms with E-state index in [0.717, 1.165) is 21.5 Å². The molecule has 0 aliphatic heterocycles. The smallest absolute Gasteiger partial charge is 0.0485 e. The Morgan fingerprint density at radius 1 is 1.06 bits per heavy atom. The first kappa shape index (κ1) is 12.7. The molecule has 0 spiro atoms. The van der Waals surface area contributed by atoms with Gasteiger partial charge in [-0.25, -0.2) is 0 Å². The zero-order valence-electron chi connectivity index (χ0n) is 9.93. The van der Waals surface area contributed by atoms with Crippen molar-refractivity contribution >= 4 is 27.5 Å². The molecule has 0 bridgehead atoms. The maximum Gasteiger partial charge on any atom is 0.0485 e. The first-order chi connectivity index (χ1) is 8.11. The number of rotatable bonds is 2. The summed E-state index contributed by atoms with van der Waals surface area (Å²) >= 11 is 9.79. The fourth-order valence-electron chi connectivity index (χ4n) is 1.95. The zero-order chi connectivity index (χ0) is 12.4. The number of aryl methyl sites for hydroxylation is 2. The third-order valence-electron chi connectivity index (χ3n) is 2.86. The highest BCUT2D eigenvalue weighted by atomic mass is 79.9. The molecule has 2 aromatic carbocycles. The maximum absolute atomic E-state index is 6.29. The molecule has 0 aliphatic rings. The summed E-state index contributed by atoms with van der Waals surface area (Å²) in [5, 5.41) is 0.800. The molecule has 88 valence electrons. The minimum Gasteiger partial charge on any atom is -0.0837 e. The van der Waals surface area contributed by atoms with Gasteiger partial charge in [0, 0.05) is 15.1 Å². The molecule has 0 unspecified atom stereocenters. The molecule has 0 radical (unpaired) electrons. The normalized spacial score (nSPS) is 10.6. The van der Waals surface area contributed by atoms with Crippen LogP contribution in [-0.4, -0.2) is 0 Å². The third kappa shape index (κ3) is 2.72. The predicted octanol–water partition coefficient (Wildman–Crippen LogP) is 5.64. The van der Waals surface area contributed by atoms with Crippen molar-refractivity contribution in [2.24, 2.45) is 0 Å². The average Bonchev–Trinajstić information content (AvgIpc) is 2.32. The molecule has 0 heterocycles. The van der Waals surface area contributed by atoms with Crippen LogP contribution in [0.25, 0.3) is 11.1 Å². The second-order valence-electron chi connectivity index (χ2n) is 4.14. The molecular weight excluding hydrogens is 296 g/mol. The Balaban J connectivity index is 2.66. The Morgan fingerprint density at radius 2 is 1.82 bits per heavy atom. The molecule has 0 saturated heterocycles. The molecule has 2 rings (SSSR count). The summed E-state index contributed by atoms with van der Waals surface area (Å²) in [4.78, 5) is 0. The lowest BCUT2D eigenvalue weighted by molar-refractivity contribution is 1.14. The lowest BCUT2D eigenvalue weighted by Gasteiger charge is -2.11. The van der Waals surface area contributed by atoms with Crippen molar-refractivity contribution in [3.8, 4) is 11.1 Å². The molecule has 0 aliphatic carbocycles. The third-order valence-corrected chi connectivity index (χ3v) is 3.69. The zero-order valence-corrected chi connectivity index (χ0v) is 12.3. The van der Waals surface area contributed by atoms with Gasteiger partial charge in [-0.1, -0.05) is 58.2 Å². The average molecular weight is 310 g/mol. The van der Waals surface area contributed by atoms with Crippen LogP contribution < -0.4 is 0 Å². The highest BCUT2D eigenvalue weighted by Gasteiger charge is 2.08. The highest BCUT2D eigenvalue weighted by molar-refractivity contribution is 9.10. The molecule has 0 saturated carbocycles. The van der Waals surface area contributed by atoms with Crippen molar-refractivity contribution in [1.29, 1.82) is 0 Å². The van der Waals surface area contributed by atoms with Gasteiger partial charge >= 0.3 is 0 Å². The fourth-order valence-corrected chi connectivity index (χ4v) is 2.53. The van der Waals surface area contributed by atoms with Crippen LogP contribution in [0.15, 0.2) is 40.9 Å². The molecule has 0 amide bonds. The molecular formula is C15H14BrCl. The van der Waals surface area contributed by atoms with Gasteiger partial charge in [-0.15, -0.1) is 0 Å². The summed E-state index contributed by atoms with van der Waals surface area (Å²) in [6.45, 7) is 4.27. The number of benzene rings is 2. The molecule has 0 N–H and O–H groups in total. The lowest BCUT2D eigenvalue weighted by atomic mass is 9.96. The number of hydrogen-bond acceptors (Lipinski definition) is 0. The van der Waals surface area contributed by atoms with E-state index in [2.05, 4.69) is 54.0 Å². The Kier molecular flexibility index (Phi) is 3.90. The minimum absolute atomic E-state index is 0.800. The van der Waals surface area contributed by atoms with Gasteiger partial charge in [-0.05, 0) is 42.7 Å². The summed E-state index contributed by atoms with van der Waals surface area (Å²) in [7, 11) is 0. The highest BCUT2D eigenvalue weighted by Crippen LogP contribution is 2.33. The quantitative estimate of drug-likeness (QED) is 0.673. The van der Waals surface area contributed by atoms with Crippen LogP contribution in [0.5, 0.6) is 0 Å². The summed E-state index contributed by atoms with van der Waals surface area (Å²) < 4.78 is 1.06. The lowest BCUT2D eigenvalue weighted by Crippen LogP contribution is -1.90. The molecule has 0 atom stereocenters. The fraction of sp³-hybridized carbons (Fsp3) is 0.200. The Hall–Kier alpha value is -0.790. The van der Waals surface area contributed by atoms with Crippen molar-refractivity contribution in [2.75, 3.05) is 0 Å². The van der Waals surface area contributed by atoms with E-state index in [1.54, 1.807) is 0 Å². The van der Waals surface area contributed by atoms with E-state index in [1.807, 2.05) is 12.1 Å². The van der Waals surface area contributed by atoms with Gasteiger partial charge in [0.1, 0.15) is 0 Å². The SMILES string of the molecule is CCc1ccc(C)cc1-c1cc(Br)ccc1Cl. The molecule has 0 aromatic heterocycles. The second kappa shape index (κ2) is 5.24. The molecule has 17 heavy (non-hydrogen) atoms. The Labute approximate surface area is 116 Å². The van der Waals surface area contributed by atoms with Gasteiger partial charge in [0.2, 0.25) is 0 Å². The number of halogens is 2. The van der Waals surface area contributed by atoms with E-state index in [4.69, 9.17) is 11.6 Å². The molecule has 2 aromatic rings. The second-order valence-corrected chi connectivity index (χ2v) is 5.46. The standard InChI is InChI=1S/C15H14BrCl/c1-3-11-5-4-10(2)8-13(11)14-9-12(16)6-7-15(14)17/h4-9H,3H2,1-2H3. The van der Waals surface area contributed by atoms with E-state index in [-0.39, 0.29) is 0 Å². The van der Waals surface area contributed by atoms with Gasteiger partial charge in [0.05, 0.1) is 0 Å². The summed E-state index contributed by atoms with van der Waals surface area (Å²) in [5.41, 5.74) is 4.92. The molecule has 0 fully saturated rings. The minimum atomic E-state index is 0.800. The first-order valence-electron chi connectivity index (χ1n) is 5.66. The Bertz CT molecular complexity index is 547. The van der Waals surface area contributed by atoms with Crippen LogP contribution in [0.3, 0.4) is 0 Å². The van der Waals surface area contributed by atoms with E-state index >= 15 is 0 Å². The van der Waals surface area contributed by atoms with Crippen LogP contribution in [0.2, 0.25) is 5.02 Å². The van der Waals surface area contributed by atoms with E-state index in [0.29, 0.717) is 0 Å². The Morgan fingerprint density at radius 3 is 2.53 bits per heavy atom. The molecule has 2 heteroatoms. The van der Waals surface area contributed by atoms with E-state index < -0.39 is 0 Å². The van der Waals surface area contributed by atoms with E-state index in [1.165, 1.54) is 16.7 Å². The number of hydrogen-bond donors (Lipinski definition) is 0. The van der Waals surface area contributed by atoms with Gasteiger partial charge in [-0.2, -0.15) is 0 Å². The van der Waals surface area contributed by atoms with Crippen molar-refractivity contribution < 1.29 is 0 Å². The van der Waals surface area contributed by atoms with Crippen LogP contribution in [0, 0.1) is 6.92 Å². The van der Waals surface area contributed by atoms with Crippen molar-refractivity contribution in [1.82, 2.24) is 0 Å².